The molecule has 1 amide bonds. The average molecular weight is 281 g/mol. The molecule has 2 rings (SSSR count). The third-order valence-corrected chi connectivity index (χ3v) is 5.14. The fraction of sp³-hybridized carbons (Fsp3) is 0.571. The zero-order valence-electron chi connectivity index (χ0n) is 11.5. The van der Waals surface area contributed by atoms with E-state index in [0.29, 0.717) is 19.5 Å². The third-order valence-electron chi connectivity index (χ3n) is 3.95. The van der Waals surface area contributed by atoms with E-state index >= 15 is 0 Å². The molecule has 104 valence electrons. The Morgan fingerprint density at radius 1 is 1.47 bits per heavy atom. The number of amides is 1. The number of aliphatic carboxylic acids is 1. The maximum atomic E-state index is 12.6. The lowest BCUT2D eigenvalue weighted by Crippen LogP contribution is -2.43. The number of carboxylic acids is 1. The molecule has 4 nitrogen and oxygen atoms in total. The first-order chi connectivity index (χ1) is 8.77. The van der Waals surface area contributed by atoms with Crippen LogP contribution in [0.2, 0.25) is 0 Å². The highest BCUT2D eigenvalue weighted by Gasteiger charge is 2.45. The zero-order valence-corrected chi connectivity index (χ0v) is 12.3. The molecule has 5 heteroatoms. The second-order valence-corrected chi connectivity index (χ2v) is 6.89. The molecule has 1 aliphatic heterocycles. The molecule has 1 aromatic heterocycles. The molecule has 1 saturated heterocycles. The van der Waals surface area contributed by atoms with Crippen molar-refractivity contribution >= 4 is 23.2 Å². The van der Waals surface area contributed by atoms with Crippen LogP contribution in [-0.2, 0) is 15.0 Å². The molecule has 1 N–H and O–H groups in total. The van der Waals surface area contributed by atoms with Gasteiger partial charge in [-0.2, -0.15) is 0 Å². The van der Waals surface area contributed by atoms with Gasteiger partial charge in [-0.1, -0.05) is 6.07 Å². The van der Waals surface area contributed by atoms with E-state index in [0.717, 1.165) is 4.88 Å². The number of carbonyl (C=O) groups is 2. The van der Waals surface area contributed by atoms with Gasteiger partial charge in [-0.25, -0.2) is 0 Å². The summed E-state index contributed by atoms with van der Waals surface area (Å²) < 4.78 is 0. The number of likely N-dealkylation sites (tertiary alicyclic amines) is 1. The lowest BCUT2D eigenvalue weighted by Gasteiger charge is -2.29. The van der Waals surface area contributed by atoms with Crippen molar-refractivity contribution in [1.29, 1.82) is 0 Å². The second-order valence-electron chi connectivity index (χ2n) is 5.94. The van der Waals surface area contributed by atoms with Crippen molar-refractivity contribution in [1.82, 2.24) is 4.90 Å². The molecule has 0 bridgehead atoms. The van der Waals surface area contributed by atoms with E-state index in [1.165, 1.54) is 0 Å². The molecule has 0 radical (unpaired) electrons. The molecular formula is C14H19NO3S. The van der Waals surface area contributed by atoms with Crippen molar-refractivity contribution in [2.75, 3.05) is 13.1 Å². The minimum absolute atomic E-state index is 0.0138. The fourth-order valence-corrected chi connectivity index (χ4v) is 3.29. The lowest BCUT2D eigenvalue weighted by atomic mass is 9.88. The highest BCUT2D eigenvalue weighted by atomic mass is 32.1. The number of hydrogen-bond acceptors (Lipinski definition) is 3. The summed E-state index contributed by atoms with van der Waals surface area (Å²) in [5.74, 6) is -0.809. The largest absolute Gasteiger partial charge is 0.481 e. The zero-order chi connectivity index (χ0) is 14.3. The Morgan fingerprint density at radius 3 is 2.63 bits per heavy atom. The Bertz CT molecular complexity index is 495. The van der Waals surface area contributed by atoms with Crippen molar-refractivity contribution in [2.45, 2.75) is 32.6 Å². The van der Waals surface area contributed by atoms with Gasteiger partial charge < -0.3 is 10.0 Å². The molecule has 0 aliphatic carbocycles. The van der Waals surface area contributed by atoms with Crippen LogP contribution in [0.5, 0.6) is 0 Å². The van der Waals surface area contributed by atoms with Crippen LogP contribution in [0.3, 0.4) is 0 Å². The van der Waals surface area contributed by atoms with Gasteiger partial charge in [0, 0.05) is 18.0 Å². The van der Waals surface area contributed by atoms with Crippen LogP contribution in [0.4, 0.5) is 0 Å². The number of nitrogens with zero attached hydrogens (tertiary/aromatic N) is 1. The summed E-state index contributed by atoms with van der Waals surface area (Å²) in [7, 11) is 0. The Hall–Kier alpha value is -1.36. The summed E-state index contributed by atoms with van der Waals surface area (Å²) in [5, 5.41) is 11.2. The molecule has 19 heavy (non-hydrogen) atoms. The monoisotopic (exact) mass is 281 g/mol. The predicted octanol–water partition coefficient (Wildman–Crippen LogP) is 2.35. The van der Waals surface area contributed by atoms with E-state index in [9.17, 15) is 14.7 Å². The number of thiophene rings is 1. The van der Waals surface area contributed by atoms with E-state index in [4.69, 9.17) is 0 Å². The Kier molecular flexibility index (Phi) is 3.43. The van der Waals surface area contributed by atoms with Gasteiger partial charge in [-0.3, -0.25) is 9.59 Å². The van der Waals surface area contributed by atoms with Crippen molar-refractivity contribution in [3.05, 3.63) is 22.4 Å². The van der Waals surface area contributed by atoms with Gasteiger partial charge in [0.1, 0.15) is 0 Å². The standard InChI is InChI=1S/C14H19NO3S/c1-13(2,10-5-4-8-19-10)11(16)15-7-6-14(3,9-15)12(17)18/h4-5,8H,6-7,9H2,1-3H3,(H,17,18)/t14-/m0/s1. The minimum Gasteiger partial charge on any atom is -0.481 e. The first-order valence-corrected chi connectivity index (χ1v) is 7.22. The van der Waals surface area contributed by atoms with Crippen molar-refractivity contribution in [3.8, 4) is 0 Å². The van der Waals surface area contributed by atoms with Crippen molar-refractivity contribution < 1.29 is 14.7 Å². The Morgan fingerprint density at radius 2 is 2.16 bits per heavy atom. The fourth-order valence-electron chi connectivity index (χ4n) is 2.44. The molecule has 0 unspecified atom stereocenters. The normalized spacial score (nSPS) is 23.6. The van der Waals surface area contributed by atoms with E-state index < -0.39 is 16.8 Å². The van der Waals surface area contributed by atoms with Crippen LogP contribution in [0.1, 0.15) is 32.1 Å². The van der Waals surface area contributed by atoms with Crippen molar-refractivity contribution in [2.24, 2.45) is 5.41 Å². The van der Waals surface area contributed by atoms with Crippen LogP contribution in [0, 0.1) is 5.41 Å². The molecule has 0 aromatic carbocycles. The average Bonchev–Trinajstić information content (AvgIpc) is 2.97. The Labute approximate surface area is 117 Å². The molecule has 1 fully saturated rings. The topological polar surface area (TPSA) is 57.6 Å². The van der Waals surface area contributed by atoms with E-state index in [1.54, 1.807) is 23.2 Å². The van der Waals surface area contributed by atoms with Gasteiger partial charge in [0.05, 0.1) is 10.8 Å². The maximum Gasteiger partial charge on any atom is 0.311 e. The number of rotatable bonds is 3. The van der Waals surface area contributed by atoms with Gasteiger partial charge in [-0.15, -0.1) is 11.3 Å². The first-order valence-electron chi connectivity index (χ1n) is 6.34. The van der Waals surface area contributed by atoms with Gasteiger partial charge in [-0.05, 0) is 38.6 Å². The summed E-state index contributed by atoms with van der Waals surface area (Å²) in [4.78, 5) is 26.6. The number of hydrogen-bond donors (Lipinski definition) is 1. The van der Waals surface area contributed by atoms with E-state index in [1.807, 2.05) is 31.4 Å². The van der Waals surface area contributed by atoms with Gasteiger partial charge >= 0.3 is 5.97 Å². The lowest BCUT2D eigenvalue weighted by molar-refractivity contribution is -0.147. The second kappa shape index (κ2) is 4.63. The molecule has 1 aliphatic rings. The van der Waals surface area contributed by atoms with Crippen molar-refractivity contribution in [3.63, 3.8) is 0 Å². The van der Waals surface area contributed by atoms with Crippen LogP contribution in [0.25, 0.3) is 0 Å². The smallest absolute Gasteiger partial charge is 0.311 e. The summed E-state index contributed by atoms with van der Waals surface area (Å²) in [6.45, 7) is 6.34. The molecule has 1 atom stereocenters. The molecule has 0 spiro atoms. The minimum atomic E-state index is -0.822. The van der Waals surface area contributed by atoms with Crippen LogP contribution in [0.15, 0.2) is 17.5 Å². The maximum absolute atomic E-state index is 12.6. The van der Waals surface area contributed by atoms with Gasteiger partial charge in [0.2, 0.25) is 5.91 Å². The highest BCUT2D eigenvalue weighted by Crippen LogP contribution is 2.35. The van der Waals surface area contributed by atoms with E-state index in [-0.39, 0.29) is 5.91 Å². The molecule has 2 heterocycles. The summed E-state index contributed by atoms with van der Waals surface area (Å²) in [6, 6.07) is 3.88. The molecular weight excluding hydrogens is 262 g/mol. The van der Waals surface area contributed by atoms with Crippen LogP contribution < -0.4 is 0 Å². The van der Waals surface area contributed by atoms with Crippen LogP contribution >= 0.6 is 11.3 Å². The molecule has 0 saturated carbocycles. The number of carbonyl (C=O) groups excluding carboxylic acids is 1. The summed E-state index contributed by atoms with van der Waals surface area (Å²) in [6.07, 6.45) is 0.522. The first kappa shape index (κ1) is 14.1. The third kappa shape index (κ3) is 2.39. The Balaban J connectivity index is 2.16. The van der Waals surface area contributed by atoms with E-state index in [2.05, 4.69) is 0 Å². The summed E-state index contributed by atoms with van der Waals surface area (Å²) in [5.41, 5.74) is -1.39. The quantitative estimate of drug-likeness (QED) is 0.925. The van der Waals surface area contributed by atoms with Gasteiger partial charge in [0.25, 0.3) is 0 Å². The predicted molar refractivity (Wildman–Crippen MR) is 74.3 cm³/mol. The summed E-state index contributed by atoms with van der Waals surface area (Å²) >= 11 is 1.56. The molecule has 1 aromatic rings. The number of carboxylic acid groups (broad SMARTS) is 1. The van der Waals surface area contributed by atoms with Crippen LogP contribution in [-0.4, -0.2) is 35.0 Å². The highest BCUT2D eigenvalue weighted by molar-refractivity contribution is 7.10. The van der Waals surface area contributed by atoms with Gasteiger partial charge in [0.15, 0.2) is 0 Å². The SMILES string of the molecule is CC(C)(C(=O)N1CC[C@](C)(C(=O)O)C1)c1cccs1.